The van der Waals surface area contributed by atoms with Gasteiger partial charge in [0.15, 0.2) is 0 Å². The van der Waals surface area contributed by atoms with E-state index in [9.17, 15) is 14.9 Å². The smallest absolute Gasteiger partial charge is 0.288 e. The number of carbonyl (C=O) groups excluding carboxylic acids is 1. The monoisotopic (exact) mass is 283 g/mol. The fourth-order valence-corrected chi connectivity index (χ4v) is 1.52. The number of hydrogen-bond acceptors (Lipinski definition) is 7. The maximum atomic E-state index is 11.9. The molecule has 0 spiro atoms. The molecule has 11 heteroatoms. The van der Waals surface area contributed by atoms with E-state index in [2.05, 4.69) is 25.7 Å². The van der Waals surface area contributed by atoms with E-state index in [0.29, 0.717) is 0 Å². The number of amides is 1. The van der Waals surface area contributed by atoms with Gasteiger partial charge in [-0.3, -0.25) is 20.2 Å². The number of nitrogens with zero attached hydrogens (tertiary/aromatic N) is 6. The van der Waals surface area contributed by atoms with Crippen molar-refractivity contribution in [2.24, 2.45) is 7.05 Å². The maximum absolute atomic E-state index is 11.9. The van der Waals surface area contributed by atoms with Gasteiger partial charge in [0, 0.05) is 6.20 Å². The molecule has 2 rings (SSSR count). The Kier molecular flexibility index (Phi) is 3.33. The molecule has 0 bridgehead atoms. The lowest BCUT2D eigenvalue weighted by molar-refractivity contribution is -0.385. The van der Waals surface area contributed by atoms with Crippen LogP contribution in [0.3, 0.4) is 0 Å². The highest BCUT2D eigenvalue weighted by molar-refractivity contribution is 6.32. The Morgan fingerprint density at radius 1 is 1.58 bits per heavy atom. The zero-order chi connectivity index (χ0) is 14.0. The zero-order valence-corrected chi connectivity index (χ0v) is 10.2. The molecule has 1 amide bonds. The lowest BCUT2D eigenvalue weighted by Crippen LogP contribution is -2.15. The fraction of sp³-hybridized carbons (Fsp3) is 0.125. The molecular formula is C8H6ClN7O3. The second kappa shape index (κ2) is 4.94. The largest absolute Gasteiger partial charge is 0.319 e. The number of nitrogens with one attached hydrogen (secondary N) is 1. The van der Waals surface area contributed by atoms with Crippen LogP contribution in [0.4, 0.5) is 11.6 Å². The standard InChI is InChI=1S/C8H6ClN7O3/c1-15-13-8(12-14-15)11-7(17)4-2-3-10-6(9)5(4)16(18)19/h2-3H,1H3,(H,11,13,17). The zero-order valence-electron chi connectivity index (χ0n) is 9.44. The number of aromatic nitrogens is 5. The van der Waals surface area contributed by atoms with E-state index >= 15 is 0 Å². The quantitative estimate of drug-likeness (QED) is 0.491. The number of aryl methyl sites for hydroxylation is 1. The normalized spacial score (nSPS) is 10.2. The summed E-state index contributed by atoms with van der Waals surface area (Å²) in [6, 6.07) is 1.18. The highest BCUT2D eigenvalue weighted by Crippen LogP contribution is 2.26. The second-order valence-electron chi connectivity index (χ2n) is 3.31. The van der Waals surface area contributed by atoms with Crippen molar-refractivity contribution >= 4 is 29.1 Å². The van der Waals surface area contributed by atoms with Crippen molar-refractivity contribution in [1.82, 2.24) is 25.2 Å². The van der Waals surface area contributed by atoms with Crippen molar-refractivity contribution in [2.75, 3.05) is 5.32 Å². The summed E-state index contributed by atoms with van der Waals surface area (Å²) in [7, 11) is 1.51. The van der Waals surface area contributed by atoms with Gasteiger partial charge in [0.1, 0.15) is 5.56 Å². The van der Waals surface area contributed by atoms with Crippen LogP contribution < -0.4 is 5.32 Å². The molecule has 0 aliphatic rings. The highest BCUT2D eigenvalue weighted by Gasteiger charge is 2.25. The molecule has 2 aromatic heterocycles. The molecule has 0 saturated heterocycles. The van der Waals surface area contributed by atoms with Gasteiger partial charge in [0.05, 0.1) is 12.0 Å². The van der Waals surface area contributed by atoms with Crippen LogP contribution in [0.1, 0.15) is 10.4 Å². The molecular weight excluding hydrogens is 278 g/mol. The van der Waals surface area contributed by atoms with Crippen LogP contribution in [-0.4, -0.2) is 36.0 Å². The number of rotatable bonds is 3. The molecule has 19 heavy (non-hydrogen) atoms. The summed E-state index contributed by atoms with van der Waals surface area (Å²) in [5, 5.41) is 23.5. The molecule has 0 unspecified atom stereocenters. The third-order valence-electron chi connectivity index (χ3n) is 2.04. The van der Waals surface area contributed by atoms with Crippen LogP contribution in [-0.2, 0) is 7.05 Å². The summed E-state index contributed by atoms with van der Waals surface area (Å²) in [5.74, 6) is -0.848. The van der Waals surface area contributed by atoms with E-state index in [1.165, 1.54) is 19.3 Å². The van der Waals surface area contributed by atoms with E-state index in [1.54, 1.807) is 0 Å². The number of halogens is 1. The minimum Gasteiger partial charge on any atom is -0.288 e. The molecule has 0 aromatic carbocycles. The average molecular weight is 284 g/mol. The number of pyridine rings is 1. The van der Waals surface area contributed by atoms with Crippen molar-refractivity contribution in [3.8, 4) is 0 Å². The summed E-state index contributed by atoms with van der Waals surface area (Å²) in [6.45, 7) is 0. The minimum atomic E-state index is -0.783. The summed E-state index contributed by atoms with van der Waals surface area (Å²) in [6.07, 6.45) is 1.19. The molecule has 2 heterocycles. The Hall–Kier alpha value is -2.62. The van der Waals surface area contributed by atoms with Crippen molar-refractivity contribution in [3.05, 3.63) is 33.1 Å². The van der Waals surface area contributed by atoms with Crippen molar-refractivity contribution in [2.45, 2.75) is 0 Å². The summed E-state index contributed by atoms with van der Waals surface area (Å²) in [4.78, 5) is 26.6. The first-order valence-electron chi connectivity index (χ1n) is 4.83. The van der Waals surface area contributed by atoms with Crippen LogP contribution in [0.5, 0.6) is 0 Å². The first-order chi connectivity index (χ1) is 8.99. The number of carbonyl (C=O) groups is 1. The molecule has 2 aromatic rings. The number of anilines is 1. The van der Waals surface area contributed by atoms with Gasteiger partial charge in [0.25, 0.3) is 11.9 Å². The number of nitro groups is 1. The summed E-state index contributed by atoms with van der Waals surface area (Å²) in [5.41, 5.74) is -0.817. The van der Waals surface area contributed by atoms with Gasteiger partial charge in [-0.2, -0.15) is 4.80 Å². The van der Waals surface area contributed by atoms with Crippen molar-refractivity contribution < 1.29 is 9.72 Å². The lowest BCUT2D eigenvalue weighted by Gasteiger charge is -2.02. The third-order valence-corrected chi connectivity index (χ3v) is 2.32. The molecule has 0 aliphatic heterocycles. The lowest BCUT2D eigenvalue weighted by atomic mass is 10.2. The number of hydrogen-bond donors (Lipinski definition) is 1. The third kappa shape index (κ3) is 2.63. The predicted octanol–water partition coefficient (Wildman–Crippen LogP) is 0.419. The molecule has 0 fully saturated rings. The first kappa shape index (κ1) is 12.8. The molecule has 0 saturated carbocycles. The molecule has 0 radical (unpaired) electrons. The van der Waals surface area contributed by atoms with E-state index < -0.39 is 16.5 Å². The Morgan fingerprint density at radius 3 is 2.89 bits per heavy atom. The molecule has 98 valence electrons. The van der Waals surface area contributed by atoms with Crippen LogP contribution in [0, 0.1) is 10.1 Å². The van der Waals surface area contributed by atoms with Crippen LogP contribution in [0.2, 0.25) is 5.15 Å². The van der Waals surface area contributed by atoms with Gasteiger partial charge in [-0.05, 0) is 11.3 Å². The Labute approximate surface area is 110 Å². The van der Waals surface area contributed by atoms with Crippen molar-refractivity contribution in [3.63, 3.8) is 0 Å². The van der Waals surface area contributed by atoms with Gasteiger partial charge < -0.3 is 0 Å². The molecule has 1 N–H and O–H groups in total. The van der Waals surface area contributed by atoms with Gasteiger partial charge in [-0.15, -0.1) is 5.10 Å². The van der Waals surface area contributed by atoms with E-state index in [-0.39, 0.29) is 16.7 Å². The van der Waals surface area contributed by atoms with Crippen LogP contribution in [0.15, 0.2) is 12.3 Å². The highest BCUT2D eigenvalue weighted by atomic mass is 35.5. The predicted molar refractivity (Wildman–Crippen MR) is 62.7 cm³/mol. The maximum Gasteiger partial charge on any atom is 0.319 e. The topological polar surface area (TPSA) is 129 Å². The summed E-state index contributed by atoms with van der Waals surface area (Å²) < 4.78 is 0. The van der Waals surface area contributed by atoms with Gasteiger partial charge in [0.2, 0.25) is 5.15 Å². The van der Waals surface area contributed by atoms with E-state index in [4.69, 9.17) is 11.6 Å². The SMILES string of the molecule is Cn1nnc(NC(=O)c2ccnc(Cl)c2[N+](=O)[O-])n1. The first-order valence-corrected chi connectivity index (χ1v) is 5.21. The number of tetrazole rings is 1. The summed E-state index contributed by atoms with van der Waals surface area (Å²) >= 11 is 5.60. The Morgan fingerprint density at radius 2 is 2.32 bits per heavy atom. The van der Waals surface area contributed by atoms with Gasteiger partial charge in [-0.25, -0.2) is 4.98 Å². The molecule has 10 nitrogen and oxygen atoms in total. The minimum absolute atomic E-state index is 0.0743. The van der Waals surface area contributed by atoms with Gasteiger partial charge >= 0.3 is 5.69 Å². The Bertz CT molecular complexity index is 656. The average Bonchev–Trinajstić information content (AvgIpc) is 2.73. The molecule has 0 atom stereocenters. The van der Waals surface area contributed by atoms with Crippen LogP contribution >= 0.6 is 11.6 Å². The van der Waals surface area contributed by atoms with Crippen molar-refractivity contribution in [1.29, 1.82) is 0 Å². The van der Waals surface area contributed by atoms with E-state index in [0.717, 1.165) is 4.80 Å². The second-order valence-corrected chi connectivity index (χ2v) is 3.67. The Balaban J connectivity index is 2.34. The molecule has 0 aliphatic carbocycles. The van der Waals surface area contributed by atoms with Gasteiger partial charge in [-0.1, -0.05) is 16.7 Å². The van der Waals surface area contributed by atoms with Crippen LogP contribution in [0.25, 0.3) is 0 Å². The van der Waals surface area contributed by atoms with E-state index in [1.807, 2.05) is 0 Å². The fourth-order valence-electron chi connectivity index (χ4n) is 1.29.